The number of carbonyl (C=O) groups excluding carboxylic acids is 3. The summed E-state index contributed by atoms with van der Waals surface area (Å²) in [4.78, 5) is 28.6. The average Bonchev–Trinajstić information content (AvgIpc) is 1.90. The van der Waals surface area contributed by atoms with Crippen LogP contribution < -0.4 is 0 Å². The van der Waals surface area contributed by atoms with Crippen LogP contribution in [0, 0.1) is 0 Å². The van der Waals surface area contributed by atoms with E-state index in [1.807, 2.05) is 0 Å². The van der Waals surface area contributed by atoms with Gasteiger partial charge in [-0.25, -0.2) is 0 Å². The van der Waals surface area contributed by atoms with E-state index in [4.69, 9.17) is 0 Å². The van der Waals surface area contributed by atoms with Crippen molar-refractivity contribution in [1.29, 1.82) is 0 Å². The van der Waals surface area contributed by atoms with Crippen LogP contribution >= 0.6 is 0 Å². The Kier molecular flexibility index (Phi) is 5.07. The first-order chi connectivity index (χ1) is 4.85. The van der Waals surface area contributed by atoms with Crippen molar-refractivity contribution in [2.24, 2.45) is 11.7 Å². The molecule has 0 amide bonds. The molecule has 50 valence electrons. The first-order valence-corrected chi connectivity index (χ1v) is 4.40. The van der Waals surface area contributed by atoms with Gasteiger partial charge in [-0.1, -0.05) is 0 Å². The number of isocyanates is 3. The van der Waals surface area contributed by atoms with Gasteiger partial charge in [0, 0.05) is 0 Å². The third-order valence-corrected chi connectivity index (χ3v) is 2.03. The van der Waals surface area contributed by atoms with Crippen molar-refractivity contribution in [3.8, 4) is 0 Å². The molecule has 0 aromatic heterocycles. The Balaban J connectivity index is 4.39. The van der Waals surface area contributed by atoms with E-state index >= 15 is 0 Å². The second-order valence-electron chi connectivity index (χ2n) is 0.842. The van der Waals surface area contributed by atoms with Gasteiger partial charge in [0.05, 0.1) is 0 Å². The monoisotopic (exact) mass is 201 g/mol. The van der Waals surface area contributed by atoms with Crippen molar-refractivity contribution in [2.45, 2.75) is 0 Å². The van der Waals surface area contributed by atoms with E-state index in [1.165, 1.54) is 0 Å². The number of nitrogens with zero attached hydrogens (tertiary/aromatic N) is 3. The Labute approximate surface area is 60.3 Å². The van der Waals surface area contributed by atoms with Crippen LogP contribution in [0.3, 0.4) is 0 Å². The molecule has 0 bridgehead atoms. The fraction of sp³-hybridized carbons (Fsp3) is 0. The Morgan fingerprint density at radius 2 is 1.10 bits per heavy atom. The Morgan fingerprint density at radius 1 is 0.800 bits per heavy atom. The normalized spacial score (nSPS) is 9.60. The molecule has 0 heterocycles. The molecule has 0 aromatic carbocycles. The van der Waals surface area contributed by atoms with Crippen molar-refractivity contribution >= 4 is 33.6 Å². The molecule has 6 nitrogen and oxygen atoms in total. The van der Waals surface area contributed by atoms with Crippen LogP contribution in [0.25, 0.3) is 0 Å². The van der Waals surface area contributed by atoms with E-state index in [-0.39, 0.29) is 0 Å². The summed E-state index contributed by atoms with van der Waals surface area (Å²) in [7, 11) is 0. The fourth-order valence-corrected chi connectivity index (χ4v) is 0.918. The van der Waals surface area contributed by atoms with Crippen LogP contribution in [0.15, 0.2) is 11.7 Å². The van der Waals surface area contributed by atoms with Gasteiger partial charge in [-0.05, 0) is 0 Å². The molecule has 0 spiro atoms. The fourth-order valence-electron chi connectivity index (χ4n) is 0.177. The van der Waals surface area contributed by atoms with Gasteiger partial charge in [0.1, 0.15) is 0 Å². The summed E-state index contributed by atoms with van der Waals surface area (Å²) < 4.78 is 8.96. The van der Waals surface area contributed by atoms with Crippen molar-refractivity contribution in [2.75, 3.05) is 0 Å². The quantitative estimate of drug-likeness (QED) is 0.332. The van der Waals surface area contributed by atoms with Crippen LogP contribution in [0.2, 0.25) is 0 Å². The van der Waals surface area contributed by atoms with Crippen molar-refractivity contribution < 1.29 is 14.4 Å². The maximum atomic E-state index is 9.53. The molecule has 0 saturated carbocycles. The summed E-state index contributed by atoms with van der Waals surface area (Å²) in [5, 5.41) is 0. The molecule has 0 atom stereocenters. The second-order valence-corrected chi connectivity index (χ2v) is 3.23. The molecule has 0 aliphatic heterocycles. The van der Waals surface area contributed by atoms with E-state index in [1.54, 1.807) is 0 Å². The van der Waals surface area contributed by atoms with E-state index in [0.717, 1.165) is 18.2 Å². The Bertz CT molecular complexity index is 203. The van der Waals surface area contributed by atoms with Crippen LogP contribution in [0.5, 0.6) is 0 Å². The van der Waals surface area contributed by atoms with E-state index in [2.05, 4.69) is 11.7 Å². The third kappa shape index (κ3) is 3.67. The molecule has 10 heavy (non-hydrogen) atoms. The summed E-state index contributed by atoms with van der Waals surface area (Å²) in [6.07, 6.45) is 3.40. The molecular formula is C3AsN3O3. The SMILES string of the molecule is O=C=N[As](N=C=O)N=C=O. The van der Waals surface area contributed by atoms with Crippen molar-refractivity contribution in [1.82, 2.24) is 0 Å². The molecule has 0 aromatic rings. The molecule has 7 heteroatoms. The third-order valence-electron chi connectivity index (χ3n) is 0.391. The molecule has 0 unspecified atom stereocenters. The first kappa shape index (κ1) is 8.70. The molecule has 0 N–H and O–H groups in total. The standard InChI is InChI=1S/C3AsN3O3/c8-1-5-4(6-2-9)7-3-10. The molecular weight excluding hydrogens is 201 g/mol. The average molecular weight is 201 g/mol. The minimum atomic E-state index is -2.69. The molecule has 0 saturated heterocycles. The first-order valence-electron chi connectivity index (χ1n) is 1.88. The topological polar surface area (TPSA) is 88.3 Å². The van der Waals surface area contributed by atoms with E-state index in [9.17, 15) is 14.4 Å². The van der Waals surface area contributed by atoms with Crippen LogP contribution in [0.4, 0.5) is 0 Å². The summed E-state index contributed by atoms with van der Waals surface area (Å²) in [5.41, 5.74) is 0. The van der Waals surface area contributed by atoms with Gasteiger partial charge in [-0.3, -0.25) is 0 Å². The summed E-state index contributed by atoms with van der Waals surface area (Å²) in [6, 6.07) is 0. The van der Waals surface area contributed by atoms with Gasteiger partial charge in [0.15, 0.2) is 0 Å². The second kappa shape index (κ2) is 5.83. The molecule has 0 rings (SSSR count). The van der Waals surface area contributed by atoms with Gasteiger partial charge < -0.3 is 0 Å². The summed E-state index contributed by atoms with van der Waals surface area (Å²) in [5.74, 6) is 0. The molecule has 0 fully saturated rings. The van der Waals surface area contributed by atoms with Gasteiger partial charge in [0.25, 0.3) is 0 Å². The number of hydrogen-bond donors (Lipinski definition) is 0. The predicted octanol–water partition coefficient (Wildman–Crippen LogP) is -1.02. The van der Waals surface area contributed by atoms with Gasteiger partial charge in [-0.15, -0.1) is 0 Å². The maximum absolute atomic E-state index is 9.53. The summed E-state index contributed by atoms with van der Waals surface area (Å²) in [6.45, 7) is 0. The van der Waals surface area contributed by atoms with Gasteiger partial charge >= 0.3 is 59.7 Å². The zero-order valence-electron chi connectivity index (χ0n) is 4.51. The van der Waals surface area contributed by atoms with Crippen LogP contribution in [0.1, 0.15) is 0 Å². The molecule has 0 aliphatic carbocycles. The Hall–Kier alpha value is -1.30. The zero-order valence-corrected chi connectivity index (χ0v) is 6.39. The molecule has 0 aliphatic rings. The minimum absolute atomic E-state index is 1.13. The Morgan fingerprint density at radius 3 is 1.30 bits per heavy atom. The van der Waals surface area contributed by atoms with Crippen molar-refractivity contribution in [3.05, 3.63) is 0 Å². The summed E-state index contributed by atoms with van der Waals surface area (Å²) >= 11 is -2.69. The van der Waals surface area contributed by atoms with Crippen LogP contribution in [-0.2, 0) is 14.4 Å². The van der Waals surface area contributed by atoms with Gasteiger partial charge in [-0.2, -0.15) is 0 Å². The molecule has 0 radical (unpaired) electrons. The van der Waals surface area contributed by atoms with Crippen molar-refractivity contribution in [3.63, 3.8) is 0 Å². The predicted molar refractivity (Wildman–Crippen MR) is 30.1 cm³/mol. The van der Waals surface area contributed by atoms with E-state index in [0.29, 0.717) is 0 Å². The van der Waals surface area contributed by atoms with E-state index < -0.39 is 15.3 Å². The number of hydrogen-bond acceptors (Lipinski definition) is 6. The van der Waals surface area contributed by atoms with Gasteiger partial charge in [0.2, 0.25) is 0 Å². The van der Waals surface area contributed by atoms with Crippen LogP contribution in [-0.4, -0.2) is 33.6 Å². The zero-order chi connectivity index (χ0) is 7.82. The number of rotatable bonds is 3.